The van der Waals surface area contributed by atoms with Crippen LogP contribution in [-0.2, 0) is 14.3 Å². The lowest BCUT2D eigenvalue weighted by Gasteiger charge is -2.06. The molecule has 0 bridgehead atoms. The smallest absolute Gasteiger partial charge is 0.189 e. The predicted octanol–water partition coefficient (Wildman–Crippen LogP) is 5.78. The van der Waals surface area contributed by atoms with Gasteiger partial charge >= 0.3 is 0 Å². The molecule has 130 valence electrons. The fourth-order valence-electron chi connectivity index (χ4n) is 2.26. The summed E-state index contributed by atoms with van der Waals surface area (Å²) in [6, 6.07) is 0. The van der Waals surface area contributed by atoms with E-state index in [0.717, 1.165) is 32.0 Å². The van der Waals surface area contributed by atoms with Crippen molar-refractivity contribution in [1.29, 1.82) is 0 Å². The summed E-state index contributed by atoms with van der Waals surface area (Å²) >= 11 is 0. The van der Waals surface area contributed by atoms with Gasteiger partial charge in [0.1, 0.15) is 0 Å². The Morgan fingerprint density at radius 2 is 1.41 bits per heavy atom. The molecule has 0 aromatic carbocycles. The lowest BCUT2D eigenvalue weighted by Crippen LogP contribution is -2.02. The van der Waals surface area contributed by atoms with Crippen LogP contribution in [0, 0.1) is 0 Å². The Bertz CT molecular complexity index is 261. The Labute approximate surface area is 137 Å². The zero-order chi connectivity index (χ0) is 16.3. The van der Waals surface area contributed by atoms with Crippen LogP contribution in [0.3, 0.4) is 0 Å². The van der Waals surface area contributed by atoms with Gasteiger partial charge in [0, 0.05) is 0 Å². The highest BCUT2D eigenvalue weighted by Crippen LogP contribution is 2.11. The zero-order valence-electron chi connectivity index (χ0n) is 14.8. The summed E-state index contributed by atoms with van der Waals surface area (Å²) in [4.78, 5) is 10.9. The van der Waals surface area contributed by atoms with Gasteiger partial charge in [-0.15, -0.1) is 0 Å². The largest absolute Gasteiger partial charge is 0.464 e. The van der Waals surface area contributed by atoms with Gasteiger partial charge in [0.25, 0.3) is 0 Å². The second-order valence-electron chi connectivity index (χ2n) is 5.87. The van der Waals surface area contributed by atoms with Crippen molar-refractivity contribution in [2.45, 2.75) is 90.9 Å². The van der Waals surface area contributed by atoms with Crippen molar-refractivity contribution in [2.75, 3.05) is 13.4 Å². The summed E-state index contributed by atoms with van der Waals surface area (Å²) in [5.74, 6) is 0.413. The van der Waals surface area contributed by atoms with E-state index in [0.29, 0.717) is 12.4 Å². The van der Waals surface area contributed by atoms with Crippen LogP contribution in [0.4, 0.5) is 0 Å². The lowest BCUT2D eigenvalue weighted by molar-refractivity contribution is -0.111. The molecule has 0 aromatic heterocycles. The summed E-state index contributed by atoms with van der Waals surface area (Å²) in [5.41, 5.74) is 0. The highest BCUT2D eigenvalue weighted by atomic mass is 16.7. The summed E-state index contributed by atoms with van der Waals surface area (Å²) in [6.07, 6.45) is 17.6. The molecule has 0 spiro atoms. The monoisotopic (exact) mass is 312 g/mol. The summed E-state index contributed by atoms with van der Waals surface area (Å²) in [5, 5.41) is 0. The minimum atomic E-state index is 0.183. The van der Waals surface area contributed by atoms with Crippen LogP contribution >= 0.6 is 0 Å². The molecule has 0 N–H and O–H groups in total. The average molecular weight is 312 g/mol. The van der Waals surface area contributed by atoms with Crippen molar-refractivity contribution in [3.05, 3.63) is 11.8 Å². The SMILES string of the molecule is CCCCCCCCCCC/C=C(\C=O)OCOCCCC. The number of hydrogen-bond donors (Lipinski definition) is 0. The van der Waals surface area contributed by atoms with Crippen LogP contribution in [0.5, 0.6) is 0 Å². The quantitative estimate of drug-likeness (QED) is 0.112. The van der Waals surface area contributed by atoms with E-state index in [9.17, 15) is 4.79 Å². The molecule has 0 unspecified atom stereocenters. The van der Waals surface area contributed by atoms with Gasteiger partial charge in [0.2, 0.25) is 0 Å². The van der Waals surface area contributed by atoms with Crippen LogP contribution in [0.25, 0.3) is 0 Å². The predicted molar refractivity (Wildman–Crippen MR) is 92.8 cm³/mol. The Morgan fingerprint density at radius 1 is 0.818 bits per heavy atom. The Kier molecular flexibility index (Phi) is 17.5. The van der Waals surface area contributed by atoms with Gasteiger partial charge in [0.05, 0.1) is 6.61 Å². The van der Waals surface area contributed by atoms with Gasteiger partial charge in [-0.3, -0.25) is 4.79 Å². The Balaban J connectivity index is 3.41. The number of ether oxygens (including phenoxy) is 2. The maximum Gasteiger partial charge on any atom is 0.189 e. The van der Waals surface area contributed by atoms with E-state index in [4.69, 9.17) is 9.47 Å². The fourth-order valence-corrected chi connectivity index (χ4v) is 2.26. The number of carbonyl (C=O) groups is 1. The third kappa shape index (κ3) is 15.6. The molecule has 0 saturated heterocycles. The van der Waals surface area contributed by atoms with Crippen LogP contribution in [0.15, 0.2) is 11.8 Å². The van der Waals surface area contributed by atoms with Crippen molar-refractivity contribution < 1.29 is 14.3 Å². The molecular formula is C19H36O3. The van der Waals surface area contributed by atoms with E-state index in [1.165, 1.54) is 51.4 Å². The first kappa shape index (κ1) is 21.2. The number of carbonyl (C=O) groups excluding carboxylic acids is 1. The molecule has 3 nitrogen and oxygen atoms in total. The van der Waals surface area contributed by atoms with Crippen LogP contribution in [0.2, 0.25) is 0 Å². The summed E-state index contributed by atoms with van der Waals surface area (Å²) < 4.78 is 10.6. The van der Waals surface area contributed by atoms with Crippen molar-refractivity contribution in [2.24, 2.45) is 0 Å². The molecule has 0 aliphatic carbocycles. The molecule has 0 aliphatic heterocycles. The molecule has 0 fully saturated rings. The number of unbranched alkanes of at least 4 members (excludes halogenated alkanes) is 10. The molecule has 0 amide bonds. The van der Waals surface area contributed by atoms with Crippen LogP contribution in [0.1, 0.15) is 90.9 Å². The maximum atomic E-state index is 10.9. The molecule has 3 heteroatoms. The van der Waals surface area contributed by atoms with E-state index in [-0.39, 0.29) is 6.79 Å². The summed E-state index contributed by atoms with van der Waals surface area (Å²) in [6.45, 7) is 5.25. The Morgan fingerprint density at radius 3 is 2.00 bits per heavy atom. The molecule has 0 saturated carbocycles. The van der Waals surface area contributed by atoms with Gasteiger partial charge in [-0.25, -0.2) is 0 Å². The first-order valence-corrected chi connectivity index (χ1v) is 9.21. The average Bonchev–Trinajstić information content (AvgIpc) is 2.54. The van der Waals surface area contributed by atoms with Gasteiger partial charge in [0.15, 0.2) is 18.8 Å². The first-order valence-electron chi connectivity index (χ1n) is 9.21. The van der Waals surface area contributed by atoms with Crippen LogP contribution < -0.4 is 0 Å². The highest BCUT2D eigenvalue weighted by molar-refractivity contribution is 5.69. The molecule has 0 radical (unpaired) electrons. The fraction of sp³-hybridized carbons (Fsp3) is 0.842. The summed E-state index contributed by atoms with van der Waals surface area (Å²) in [7, 11) is 0. The topological polar surface area (TPSA) is 35.5 Å². The van der Waals surface area contributed by atoms with Gasteiger partial charge in [-0.05, 0) is 25.3 Å². The van der Waals surface area contributed by atoms with E-state index in [1.54, 1.807) is 0 Å². The molecule has 0 aliphatic rings. The second-order valence-corrected chi connectivity index (χ2v) is 5.87. The molecule has 0 rings (SSSR count). The van der Waals surface area contributed by atoms with Gasteiger partial charge in [-0.2, -0.15) is 0 Å². The van der Waals surface area contributed by atoms with Crippen molar-refractivity contribution in [1.82, 2.24) is 0 Å². The number of hydrogen-bond acceptors (Lipinski definition) is 3. The lowest BCUT2D eigenvalue weighted by atomic mass is 10.1. The van der Waals surface area contributed by atoms with Gasteiger partial charge < -0.3 is 9.47 Å². The van der Waals surface area contributed by atoms with E-state index in [1.807, 2.05) is 6.08 Å². The van der Waals surface area contributed by atoms with E-state index < -0.39 is 0 Å². The first-order chi connectivity index (χ1) is 10.8. The molecule has 22 heavy (non-hydrogen) atoms. The maximum absolute atomic E-state index is 10.9. The van der Waals surface area contributed by atoms with E-state index >= 15 is 0 Å². The highest BCUT2D eigenvalue weighted by Gasteiger charge is 1.97. The Hall–Kier alpha value is -0.830. The van der Waals surface area contributed by atoms with Crippen LogP contribution in [-0.4, -0.2) is 19.7 Å². The standard InChI is InChI=1S/C19H36O3/c1-3-5-7-8-9-10-11-12-13-14-15-19(17-20)22-18-21-16-6-4-2/h15,17H,3-14,16,18H2,1-2H3/b19-15+. The number of allylic oxidation sites excluding steroid dienone is 2. The van der Waals surface area contributed by atoms with Crippen molar-refractivity contribution in [3.8, 4) is 0 Å². The van der Waals surface area contributed by atoms with Crippen molar-refractivity contribution in [3.63, 3.8) is 0 Å². The molecule has 0 aromatic rings. The van der Waals surface area contributed by atoms with Crippen molar-refractivity contribution >= 4 is 6.29 Å². The third-order valence-corrected chi connectivity index (χ3v) is 3.72. The third-order valence-electron chi connectivity index (χ3n) is 3.72. The minimum absolute atomic E-state index is 0.183. The second kappa shape index (κ2) is 18.2. The molecule has 0 heterocycles. The number of rotatable bonds is 17. The molecular weight excluding hydrogens is 276 g/mol. The minimum Gasteiger partial charge on any atom is -0.464 e. The normalized spacial score (nSPS) is 11.6. The van der Waals surface area contributed by atoms with Gasteiger partial charge in [-0.1, -0.05) is 71.6 Å². The number of aldehydes is 1. The zero-order valence-corrected chi connectivity index (χ0v) is 14.8. The van der Waals surface area contributed by atoms with E-state index in [2.05, 4.69) is 13.8 Å². The molecule has 0 atom stereocenters.